The Balaban J connectivity index is 1.98. The molecule has 2 amide bonds. The number of methoxy groups -OCH3 is 1. The Hall–Kier alpha value is -3.33. The summed E-state index contributed by atoms with van der Waals surface area (Å²) in [6.07, 6.45) is 0.952. The zero-order valence-electron chi connectivity index (χ0n) is 22.5. The molecule has 206 valence electrons. The third kappa shape index (κ3) is 10.2. The number of aryl methyl sites for hydroxylation is 2. The lowest BCUT2D eigenvalue weighted by Gasteiger charge is -2.24. The van der Waals surface area contributed by atoms with Crippen molar-refractivity contribution < 1.29 is 29.0 Å². The molecular weight excluding hydrogens is 504 g/mol. The number of hydrogen-bond donors (Lipinski definition) is 3. The highest BCUT2D eigenvalue weighted by Crippen LogP contribution is 2.20. The predicted molar refractivity (Wildman–Crippen MR) is 149 cm³/mol. The van der Waals surface area contributed by atoms with Crippen LogP contribution in [0.5, 0.6) is 5.75 Å². The highest BCUT2D eigenvalue weighted by molar-refractivity contribution is 7.99. The van der Waals surface area contributed by atoms with E-state index in [0.29, 0.717) is 17.9 Å². The SMILES string of the molecule is CCc1ccc(OC)cc1CCC(=O)N[C@H](C(=O)N[C@@H](CC(=O)O)C(=O)CSCc1ccccc1)C(C)C. The summed E-state index contributed by atoms with van der Waals surface area (Å²) >= 11 is 1.36. The number of aliphatic carboxylic acids is 1. The van der Waals surface area contributed by atoms with E-state index < -0.39 is 30.4 Å². The predicted octanol–water partition coefficient (Wildman–Crippen LogP) is 3.79. The van der Waals surface area contributed by atoms with Gasteiger partial charge in [-0.05, 0) is 47.6 Å². The van der Waals surface area contributed by atoms with Crippen LogP contribution in [0.15, 0.2) is 48.5 Å². The van der Waals surface area contributed by atoms with Gasteiger partial charge in [0, 0.05) is 12.2 Å². The number of hydrogen-bond acceptors (Lipinski definition) is 6. The molecule has 2 rings (SSSR count). The number of nitrogens with one attached hydrogen (secondary N) is 2. The van der Waals surface area contributed by atoms with Crippen molar-refractivity contribution in [3.8, 4) is 5.75 Å². The summed E-state index contributed by atoms with van der Waals surface area (Å²) in [5, 5.41) is 14.7. The number of thioether (sulfide) groups is 1. The van der Waals surface area contributed by atoms with Crippen LogP contribution in [0.2, 0.25) is 0 Å². The van der Waals surface area contributed by atoms with E-state index in [9.17, 15) is 24.3 Å². The second kappa shape index (κ2) is 15.8. The van der Waals surface area contributed by atoms with Gasteiger partial charge >= 0.3 is 5.97 Å². The summed E-state index contributed by atoms with van der Waals surface area (Å²) in [5.74, 6) is -1.33. The monoisotopic (exact) mass is 542 g/mol. The lowest BCUT2D eigenvalue weighted by atomic mass is 9.99. The van der Waals surface area contributed by atoms with E-state index in [1.54, 1.807) is 21.0 Å². The van der Waals surface area contributed by atoms with Gasteiger partial charge < -0.3 is 20.5 Å². The quantitative estimate of drug-likeness (QED) is 0.295. The zero-order valence-corrected chi connectivity index (χ0v) is 23.3. The fourth-order valence-electron chi connectivity index (χ4n) is 3.96. The lowest BCUT2D eigenvalue weighted by molar-refractivity contribution is -0.140. The van der Waals surface area contributed by atoms with Crippen molar-refractivity contribution in [2.24, 2.45) is 5.92 Å². The number of rotatable bonds is 16. The van der Waals surface area contributed by atoms with Crippen molar-refractivity contribution in [2.75, 3.05) is 12.9 Å². The molecule has 0 saturated heterocycles. The highest BCUT2D eigenvalue weighted by atomic mass is 32.2. The zero-order chi connectivity index (χ0) is 28.1. The first-order valence-corrected chi connectivity index (χ1v) is 13.9. The summed E-state index contributed by atoms with van der Waals surface area (Å²) in [6, 6.07) is 13.3. The van der Waals surface area contributed by atoms with Crippen LogP contribution in [-0.4, -0.2) is 53.6 Å². The Bertz CT molecular complexity index is 1090. The summed E-state index contributed by atoms with van der Waals surface area (Å²) in [5.41, 5.74) is 3.18. The molecule has 9 heteroatoms. The number of ether oxygens (including phenoxy) is 1. The normalized spacial score (nSPS) is 12.4. The molecule has 0 aliphatic heterocycles. The molecule has 0 unspecified atom stereocenters. The van der Waals surface area contributed by atoms with E-state index in [1.807, 2.05) is 55.5 Å². The second-order valence-electron chi connectivity index (χ2n) is 9.38. The molecule has 2 atom stereocenters. The minimum atomic E-state index is -1.19. The Morgan fingerprint density at radius 1 is 1.00 bits per heavy atom. The molecule has 0 heterocycles. The molecule has 0 fully saturated rings. The topological polar surface area (TPSA) is 122 Å². The van der Waals surface area contributed by atoms with Crippen LogP contribution >= 0.6 is 11.8 Å². The van der Waals surface area contributed by atoms with Gasteiger partial charge in [0.1, 0.15) is 11.8 Å². The number of carboxylic acid groups (broad SMARTS) is 1. The molecule has 0 bridgehead atoms. The van der Waals surface area contributed by atoms with Gasteiger partial charge in [0.2, 0.25) is 11.8 Å². The van der Waals surface area contributed by atoms with E-state index in [2.05, 4.69) is 10.6 Å². The summed E-state index contributed by atoms with van der Waals surface area (Å²) in [6.45, 7) is 5.61. The maximum atomic E-state index is 13.1. The molecule has 0 saturated carbocycles. The number of carbonyl (C=O) groups excluding carboxylic acids is 3. The van der Waals surface area contributed by atoms with Crippen molar-refractivity contribution >= 4 is 35.3 Å². The molecule has 0 spiro atoms. The van der Waals surface area contributed by atoms with Gasteiger partial charge in [0.05, 0.1) is 25.3 Å². The van der Waals surface area contributed by atoms with Crippen molar-refractivity contribution in [3.63, 3.8) is 0 Å². The van der Waals surface area contributed by atoms with Crippen LogP contribution in [0.4, 0.5) is 0 Å². The number of carboxylic acids is 1. The van der Waals surface area contributed by atoms with E-state index in [-0.39, 0.29) is 29.8 Å². The van der Waals surface area contributed by atoms with Gasteiger partial charge in [-0.2, -0.15) is 0 Å². The van der Waals surface area contributed by atoms with Crippen molar-refractivity contribution in [2.45, 2.75) is 64.3 Å². The van der Waals surface area contributed by atoms with Gasteiger partial charge in [-0.15, -0.1) is 11.8 Å². The molecule has 0 radical (unpaired) electrons. The average Bonchev–Trinajstić information content (AvgIpc) is 2.89. The standard InChI is InChI=1S/C29H38N2O6S/c1-5-21-11-13-23(37-4)15-22(21)12-14-26(33)31-28(19(2)3)29(36)30-24(16-27(34)35)25(32)18-38-17-20-9-7-6-8-10-20/h6-11,13,15,19,24,28H,5,12,14,16-18H2,1-4H3,(H,30,36)(H,31,33)(H,34,35)/t24-,28-/m0/s1. The minimum Gasteiger partial charge on any atom is -0.497 e. The first-order valence-electron chi connectivity index (χ1n) is 12.8. The molecule has 0 aliphatic rings. The summed E-state index contributed by atoms with van der Waals surface area (Å²) < 4.78 is 5.29. The third-order valence-corrected chi connectivity index (χ3v) is 7.15. The number of ketones is 1. The third-order valence-electron chi connectivity index (χ3n) is 6.12. The summed E-state index contributed by atoms with van der Waals surface area (Å²) in [4.78, 5) is 50.0. The Labute approximate surface area is 228 Å². The number of carbonyl (C=O) groups is 4. The highest BCUT2D eigenvalue weighted by Gasteiger charge is 2.30. The maximum Gasteiger partial charge on any atom is 0.305 e. The number of benzene rings is 2. The minimum absolute atomic E-state index is 0.0616. The van der Waals surface area contributed by atoms with Gasteiger partial charge in [-0.3, -0.25) is 19.2 Å². The van der Waals surface area contributed by atoms with Gasteiger partial charge in [-0.1, -0.05) is 57.2 Å². The molecule has 3 N–H and O–H groups in total. The van der Waals surface area contributed by atoms with E-state index in [1.165, 1.54) is 11.8 Å². The molecule has 2 aromatic rings. The Morgan fingerprint density at radius 2 is 1.71 bits per heavy atom. The molecule has 38 heavy (non-hydrogen) atoms. The van der Waals surface area contributed by atoms with E-state index in [4.69, 9.17) is 4.74 Å². The number of amides is 2. The first-order chi connectivity index (χ1) is 18.1. The van der Waals surface area contributed by atoms with Crippen molar-refractivity contribution in [3.05, 3.63) is 65.2 Å². The fourth-order valence-corrected chi connectivity index (χ4v) is 4.89. The molecule has 8 nitrogen and oxygen atoms in total. The Kier molecular flexibility index (Phi) is 12.9. The summed E-state index contributed by atoms with van der Waals surface area (Å²) in [7, 11) is 1.59. The average molecular weight is 543 g/mol. The Morgan fingerprint density at radius 3 is 2.32 bits per heavy atom. The van der Waals surface area contributed by atoms with E-state index >= 15 is 0 Å². The molecule has 2 aromatic carbocycles. The van der Waals surface area contributed by atoms with Crippen molar-refractivity contribution in [1.29, 1.82) is 0 Å². The van der Waals surface area contributed by atoms with Crippen LogP contribution < -0.4 is 15.4 Å². The van der Waals surface area contributed by atoms with Crippen LogP contribution in [0, 0.1) is 5.92 Å². The molecular formula is C29H38N2O6S. The van der Waals surface area contributed by atoms with Crippen LogP contribution in [0.1, 0.15) is 50.3 Å². The van der Waals surface area contributed by atoms with Crippen LogP contribution in [-0.2, 0) is 37.8 Å². The smallest absolute Gasteiger partial charge is 0.305 e. The largest absolute Gasteiger partial charge is 0.497 e. The fraction of sp³-hybridized carbons (Fsp3) is 0.448. The maximum absolute atomic E-state index is 13.1. The lowest BCUT2D eigenvalue weighted by Crippen LogP contribution is -2.54. The van der Waals surface area contributed by atoms with Crippen LogP contribution in [0.3, 0.4) is 0 Å². The van der Waals surface area contributed by atoms with Gasteiger partial charge in [0.25, 0.3) is 0 Å². The second-order valence-corrected chi connectivity index (χ2v) is 10.4. The van der Waals surface area contributed by atoms with E-state index in [0.717, 1.165) is 23.1 Å². The number of Topliss-reactive ketones (excluding diaryl/α,β-unsaturated/α-hetero) is 1. The first kappa shape index (κ1) is 30.9. The van der Waals surface area contributed by atoms with Gasteiger partial charge in [0.15, 0.2) is 5.78 Å². The molecule has 0 aromatic heterocycles. The van der Waals surface area contributed by atoms with Gasteiger partial charge in [-0.25, -0.2) is 0 Å². The van der Waals surface area contributed by atoms with Crippen LogP contribution in [0.25, 0.3) is 0 Å². The molecule has 0 aliphatic carbocycles. The van der Waals surface area contributed by atoms with Crippen molar-refractivity contribution in [1.82, 2.24) is 10.6 Å².